The molecule has 2 fully saturated rings. The van der Waals surface area contributed by atoms with E-state index in [0.29, 0.717) is 37.0 Å². The summed E-state index contributed by atoms with van der Waals surface area (Å²) in [7, 11) is 3.74. The number of carboxylic acid groups (broad SMARTS) is 1. The number of carboxylic acids is 1. The highest BCUT2D eigenvalue weighted by Crippen LogP contribution is 2.42. The number of aryl methyl sites for hydroxylation is 1. The Kier molecular flexibility index (Phi) is 4.22. The number of benzene rings is 1. The van der Waals surface area contributed by atoms with Crippen LogP contribution in [-0.2, 0) is 11.8 Å². The maximum atomic E-state index is 13.5. The molecule has 0 aliphatic carbocycles. The SMILES string of the molecule is CN1CCC[C@]2(C(=O)O)CCN(C(=O)c3cc4cc(F)ccc4n3C)C[C@@H]12. The molecule has 6 nitrogen and oxygen atoms in total. The second-order valence-corrected chi connectivity index (χ2v) is 7.85. The molecule has 0 spiro atoms. The molecule has 0 bridgehead atoms. The molecule has 4 rings (SSSR count). The first-order valence-electron chi connectivity index (χ1n) is 9.31. The lowest BCUT2D eigenvalue weighted by Gasteiger charge is -2.51. The number of fused-ring (bicyclic) bond motifs is 2. The molecule has 1 aromatic heterocycles. The monoisotopic (exact) mass is 373 g/mol. The smallest absolute Gasteiger partial charge is 0.311 e. The van der Waals surface area contributed by atoms with E-state index >= 15 is 0 Å². The first-order valence-corrected chi connectivity index (χ1v) is 9.31. The normalized spacial score (nSPS) is 26.2. The van der Waals surface area contributed by atoms with Gasteiger partial charge in [-0.3, -0.25) is 9.59 Å². The zero-order valence-corrected chi connectivity index (χ0v) is 15.6. The van der Waals surface area contributed by atoms with Crippen molar-refractivity contribution in [2.75, 3.05) is 26.7 Å². The molecule has 2 aliphatic rings. The summed E-state index contributed by atoms with van der Waals surface area (Å²) in [5, 5.41) is 10.6. The first kappa shape index (κ1) is 18.0. The second kappa shape index (κ2) is 6.34. The van der Waals surface area contributed by atoms with Crippen LogP contribution in [0.25, 0.3) is 10.9 Å². The van der Waals surface area contributed by atoms with Crippen LogP contribution in [-0.4, -0.2) is 64.1 Å². The molecule has 1 aromatic carbocycles. The van der Waals surface area contributed by atoms with Gasteiger partial charge < -0.3 is 19.5 Å². The Hall–Kier alpha value is -2.41. The van der Waals surface area contributed by atoms with Gasteiger partial charge in [0, 0.05) is 37.1 Å². The summed E-state index contributed by atoms with van der Waals surface area (Å²) in [6.07, 6.45) is 1.98. The van der Waals surface area contributed by atoms with Crippen molar-refractivity contribution < 1.29 is 19.1 Å². The summed E-state index contributed by atoms with van der Waals surface area (Å²) in [4.78, 5) is 29.0. The average molecular weight is 373 g/mol. The summed E-state index contributed by atoms with van der Waals surface area (Å²) < 4.78 is 15.3. The van der Waals surface area contributed by atoms with Crippen LogP contribution in [0.2, 0.25) is 0 Å². The van der Waals surface area contributed by atoms with Crippen LogP contribution in [0, 0.1) is 11.2 Å². The fourth-order valence-corrected chi connectivity index (χ4v) is 4.86. The van der Waals surface area contributed by atoms with Crippen LogP contribution >= 0.6 is 0 Å². The lowest BCUT2D eigenvalue weighted by atomic mass is 9.68. The lowest BCUT2D eigenvalue weighted by molar-refractivity contribution is -0.161. The van der Waals surface area contributed by atoms with E-state index in [9.17, 15) is 19.1 Å². The van der Waals surface area contributed by atoms with Crippen molar-refractivity contribution >= 4 is 22.8 Å². The second-order valence-electron chi connectivity index (χ2n) is 7.85. The van der Waals surface area contributed by atoms with Gasteiger partial charge in [-0.15, -0.1) is 0 Å². The molecule has 0 radical (unpaired) electrons. The highest BCUT2D eigenvalue weighted by atomic mass is 19.1. The van der Waals surface area contributed by atoms with Gasteiger partial charge in [0.1, 0.15) is 11.5 Å². The van der Waals surface area contributed by atoms with Crippen LogP contribution in [0.5, 0.6) is 0 Å². The van der Waals surface area contributed by atoms with Gasteiger partial charge in [-0.2, -0.15) is 0 Å². The predicted octanol–water partition coefficient (Wildman–Crippen LogP) is 2.33. The van der Waals surface area contributed by atoms with Crippen molar-refractivity contribution in [3.63, 3.8) is 0 Å². The fourth-order valence-electron chi connectivity index (χ4n) is 4.86. The average Bonchev–Trinajstić information content (AvgIpc) is 2.96. The summed E-state index contributed by atoms with van der Waals surface area (Å²) in [6, 6.07) is 6.00. The number of likely N-dealkylation sites (tertiary alicyclic amines) is 2. The molecule has 2 aliphatic heterocycles. The molecular formula is C20H24FN3O3. The van der Waals surface area contributed by atoms with E-state index in [4.69, 9.17) is 0 Å². The van der Waals surface area contributed by atoms with E-state index in [-0.39, 0.29) is 17.8 Å². The number of likely N-dealkylation sites (N-methyl/N-ethyl adjacent to an activating group) is 1. The molecule has 2 aromatic rings. The van der Waals surface area contributed by atoms with Gasteiger partial charge in [0.15, 0.2) is 0 Å². The number of piperidine rings is 2. The first-order chi connectivity index (χ1) is 12.8. The molecule has 0 unspecified atom stereocenters. The fraction of sp³-hybridized carbons (Fsp3) is 0.500. The third-order valence-electron chi connectivity index (χ3n) is 6.46. The van der Waals surface area contributed by atoms with Crippen LogP contribution in [0.3, 0.4) is 0 Å². The van der Waals surface area contributed by atoms with Gasteiger partial charge in [0.2, 0.25) is 0 Å². The van der Waals surface area contributed by atoms with Gasteiger partial charge in [-0.05, 0) is 57.1 Å². The van der Waals surface area contributed by atoms with Crippen molar-refractivity contribution in [3.05, 3.63) is 35.8 Å². The Balaban J connectivity index is 1.64. The lowest BCUT2D eigenvalue weighted by Crippen LogP contribution is -2.63. The summed E-state index contributed by atoms with van der Waals surface area (Å²) in [5.74, 6) is -1.22. The van der Waals surface area contributed by atoms with E-state index < -0.39 is 11.4 Å². The van der Waals surface area contributed by atoms with Crippen LogP contribution < -0.4 is 0 Å². The maximum Gasteiger partial charge on any atom is 0.311 e. The molecule has 1 N–H and O–H groups in total. The van der Waals surface area contributed by atoms with E-state index in [1.165, 1.54) is 12.1 Å². The molecule has 0 saturated carbocycles. The highest BCUT2D eigenvalue weighted by Gasteiger charge is 2.52. The van der Waals surface area contributed by atoms with Gasteiger partial charge in [-0.1, -0.05) is 0 Å². The number of hydrogen-bond acceptors (Lipinski definition) is 3. The Morgan fingerprint density at radius 3 is 2.70 bits per heavy atom. The number of amides is 1. The van der Waals surface area contributed by atoms with Crippen molar-refractivity contribution in [3.8, 4) is 0 Å². The van der Waals surface area contributed by atoms with Crippen LogP contribution in [0.4, 0.5) is 4.39 Å². The number of rotatable bonds is 2. The summed E-state index contributed by atoms with van der Waals surface area (Å²) in [5.41, 5.74) is 0.523. The maximum absolute atomic E-state index is 13.5. The molecule has 27 heavy (non-hydrogen) atoms. The number of nitrogens with zero attached hydrogens (tertiary/aromatic N) is 3. The quantitative estimate of drug-likeness (QED) is 0.878. The van der Waals surface area contributed by atoms with E-state index in [2.05, 4.69) is 4.90 Å². The van der Waals surface area contributed by atoms with Crippen molar-refractivity contribution in [2.45, 2.75) is 25.3 Å². The minimum Gasteiger partial charge on any atom is -0.481 e. The number of carbonyl (C=O) groups excluding carboxylic acids is 1. The zero-order chi connectivity index (χ0) is 19.3. The minimum atomic E-state index is -0.772. The zero-order valence-electron chi connectivity index (χ0n) is 15.6. The third kappa shape index (κ3) is 2.72. The molecule has 1 amide bonds. The van der Waals surface area contributed by atoms with Crippen molar-refractivity contribution in [1.82, 2.24) is 14.4 Å². The standard InChI is InChI=1S/C20H24FN3O3/c1-22-8-3-6-20(19(26)27)7-9-24(12-17(20)22)18(25)16-11-13-10-14(21)4-5-15(13)23(16)2/h4-5,10-11,17H,3,6-9,12H2,1-2H3,(H,26,27)/t17-,20+/m1/s1. The van der Waals surface area contributed by atoms with Crippen LogP contribution in [0.15, 0.2) is 24.3 Å². The Bertz CT molecular complexity index is 925. The number of aliphatic carboxylic acids is 1. The molecule has 2 saturated heterocycles. The van der Waals surface area contributed by atoms with E-state index in [0.717, 1.165) is 18.5 Å². The minimum absolute atomic E-state index is 0.132. The molecule has 144 valence electrons. The molecular weight excluding hydrogens is 349 g/mol. The van der Waals surface area contributed by atoms with Crippen molar-refractivity contribution in [2.24, 2.45) is 12.5 Å². The highest BCUT2D eigenvalue weighted by molar-refractivity contribution is 5.99. The van der Waals surface area contributed by atoms with Gasteiger partial charge >= 0.3 is 5.97 Å². The molecule has 3 heterocycles. The van der Waals surface area contributed by atoms with E-state index in [1.807, 2.05) is 7.05 Å². The Morgan fingerprint density at radius 1 is 1.19 bits per heavy atom. The number of halogens is 1. The largest absolute Gasteiger partial charge is 0.481 e. The van der Waals surface area contributed by atoms with E-state index in [1.54, 1.807) is 28.6 Å². The Morgan fingerprint density at radius 2 is 1.96 bits per heavy atom. The summed E-state index contributed by atoms with van der Waals surface area (Å²) in [6.45, 7) is 1.66. The van der Waals surface area contributed by atoms with Gasteiger partial charge in [0.25, 0.3) is 5.91 Å². The number of carbonyl (C=O) groups is 2. The topological polar surface area (TPSA) is 65.8 Å². The summed E-state index contributed by atoms with van der Waals surface area (Å²) >= 11 is 0. The van der Waals surface area contributed by atoms with Crippen LogP contribution in [0.1, 0.15) is 29.8 Å². The third-order valence-corrected chi connectivity index (χ3v) is 6.46. The number of aromatic nitrogens is 1. The van der Waals surface area contributed by atoms with Gasteiger partial charge in [-0.25, -0.2) is 4.39 Å². The van der Waals surface area contributed by atoms with Gasteiger partial charge in [0.05, 0.1) is 5.41 Å². The Labute approximate surface area is 157 Å². The number of hydrogen-bond donors (Lipinski definition) is 1. The predicted molar refractivity (Wildman–Crippen MR) is 99.1 cm³/mol. The van der Waals surface area contributed by atoms with Crippen molar-refractivity contribution in [1.29, 1.82) is 0 Å². The molecule has 2 atom stereocenters. The molecule has 7 heteroatoms.